The normalized spacial score (nSPS) is 12.0. The molecule has 158 valence electrons. The highest BCUT2D eigenvalue weighted by atomic mass is 16.2. The first-order chi connectivity index (χ1) is 16.5. The van der Waals surface area contributed by atoms with E-state index in [1.807, 2.05) is 24.3 Å². The van der Waals surface area contributed by atoms with Crippen molar-refractivity contribution in [2.75, 3.05) is 0 Å². The number of hydrogen-bond acceptors (Lipinski definition) is 6. The molecule has 0 bridgehead atoms. The number of nitrogens with zero attached hydrogens (tertiary/aromatic N) is 2. The highest BCUT2D eigenvalue weighted by Gasteiger charge is 2.15. The third kappa shape index (κ3) is 2.39. The van der Waals surface area contributed by atoms with Crippen molar-refractivity contribution in [2.45, 2.75) is 0 Å². The highest BCUT2D eigenvalue weighted by molar-refractivity contribution is 6.14. The molecule has 0 aliphatic heterocycles. The van der Waals surface area contributed by atoms with E-state index < -0.39 is 21.7 Å². The Morgan fingerprint density at radius 1 is 0.412 bits per heavy atom. The zero-order chi connectivity index (χ0) is 23.1. The Bertz CT molecular complexity index is 2260. The van der Waals surface area contributed by atoms with E-state index in [4.69, 9.17) is 9.97 Å². The van der Waals surface area contributed by atoms with Crippen molar-refractivity contribution in [3.63, 3.8) is 0 Å². The molecule has 6 heteroatoms. The lowest BCUT2D eigenvalue weighted by Crippen LogP contribution is -2.46. The topological polar surface area (TPSA) is 94.1 Å². The summed E-state index contributed by atoms with van der Waals surface area (Å²) in [7, 11) is 0. The first-order valence-corrected chi connectivity index (χ1v) is 10.7. The van der Waals surface area contributed by atoms with Gasteiger partial charge in [0.05, 0.1) is 22.1 Å². The summed E-state index contributed by atoms with van der Waals surface area (Å²) in [6, 6.07) is 22.8. The summed E-state index contributed by atoms with van der Waals surface area (Å²) in [6.07, 6.45) is 0. The van der Waals surface area contributed by atoms with Crippen molar-refractivity contribution < 1.29 is 0 Å². The Labute approximate surface area is 189 Å². The van der Waals surface area contributed by atoms with Gasteiger partial charge < -0.3 is 0 Å². The Kier molecular flexibility index (Phi) is 3.50. The summed E-state index contributed by atoms with van der Waals surface area (Å²) >= 11 is 0. The monoisotopic (exact) mass is 440 g/mol. The second kappa shape index (κ2) is 6.36. The summed E-state index contributed by atoms with van der Waals surface area (Å²) in [6.45, 7) is 0. The van der Waals surface area contributed by atoms with Crippen molar-refractivity contribution in [3.05, 3.63) is 114 Å². The maximum Gasteiger partial charge on any atom is 0.277 e. The number of aromatic nitrogens is 2. The van der Waals surface area contributed by atoms with Crippen LogP contribution in [-0.2, 0) is 0 Å². The smallest absolute Gasteiger partial charge is 0.277 e. The second-order valence-corrected chi connectivity index (χ2v) is 8.45. The van der Waals surface area contributed by atoms with Gasteiger partial charge in [0, 0.05) is 21.5 Å². The van der Waals surface area contributed by atoms with Gasteiger partial charge in [0.25, 0.3) is 10.9 Å². The SMILES string of the molecule is O=c1c(=O)c(=O)c2cc3c(ccc4nc5c(ccc6cc7ccccc7cc65)nc43)cc2c1=O. The van der Waals surface area contributed by atoms with Crippen LogP contribution in [0.3, 0.4) is 0 Å². The maximum atomic E-state index is 12.5. The third-order valence-corrected chi connectivity index (χ3v) is 6.52. The van der Waals surface area contributed by atoms with E-state index in [-0.39, 0.29) is 10.8 Å². The molecule has 0 spiro atoms. The van der Waals surface area contributed by atoms with Crippen LogP contribution >= 0.6 is 0 Å². The van der Waals surface area contributed by atoms with E-state index in [2.05, 4.69) is 24.3 Å². The largest absolute Gasteiger partial charge is 0.285 e. The number of hydrogen-bond donors (Lipinski definition) is 0. The lowest BCUT2D eigenvalue weighted by Gasteiger charge is -2.09. The minimum atomic E-state index is -1.30. The lowest BCUT2D eigenvalue weighted by molar-refractivity contribution is 1.40. The summed E-state index contributed by atoms with van der Waals surface area (Å²) in [5.74, 6) is 0. The number of benzene rings is 6. The molecule has 0 N–H and O–H groups in total. The molecule has 0 fully saturated rings. The number of fused-ring (bicyclic) bond motifs is 8. The predicted molar refractivity (Wildman–Crippen MR) is 135 cm³/mol. The minimum Gasteiger partial charge on any atom is -0.285 e. The van der Waals surface area contributed by atoms with Gasteiger partial charge in [0.1, 0.15) is 0 Å². The van der Waals surface area contributed by atoms with Gasteiger partial charge in [-0.3, -0.25) is 19.2 Å². The van der Waals surface area contributed by atoms with E-state index in [9.17, 15) is 19.2 Å². The molecular formula is C28H12N2O4. The van der Waals surface area contributed by atoms with Crippen LogP contribution in [0.25, 0.3) is 65.2 Å². The molecule has 0 amide bonds. The Balaban J connectivity index is 1.63. The molecule has 1 heterocycles. The molecule has 0 aliphatic carbocycles. The van der Waals surface area contributed by atoms with E-state index in [0.717, 1.165) is 27.1 Å². The molecule has 7 rings (SSSR count). The van der Waals surface area contributed by atoms with Crippen LogP contribution in [-0.4, -0.2) is 9.97 Å². The van der Waals surface area contributed by atoms with E-state index in [1.54, 1.807) is 12.1 Å². The molecule has 1 aromatic heterocycles. The van der Waals surface area contributed by atoms with Crippen molar-refractivity contribution >= 4 is 65.2 Å². The zero-order valence-corrected chi connectivity index (χ0v) is 17.5. The quantitative estimate of drug-likeness (QED) is 0.203. The van der Waals surface area contributed by atoms with Gasteiger partial charge in [-0.15, -0.1) is 0 Å². The Morgan fingerprint density at radius 3 is 1.50 bits per heavy atom. The van der Waals surface area contributed by atoms with Crippen molar-refractivity contribution in [3.8, 4) is 0 Å². The van der Waals surface area contributed by atoms with Gasteiger partial charge in [-0.05, 0) is 57.9 Å². The van der Waals surface area contributed by atoms with Gasteiger partial charge in [0.2, 0.25) is 10.9 Å². The molecule has 0 radical (unpaired) electrons. The van der Waals surface area contributed by atoms with Gasteiger partial charge in [0.15, 0.2) is 0 Å². The van der Waals surface area contributed by atoms with Crippen LogP contribution in [0.1, 0.15) is 0 Å². The molecule has 0 atom stereocenters. The fourth-order valence-electron chi connectivity index (χ4n) is 4.81. The Hall–Kier alpha value is -4.84. The van der Waals surface area contributed by atoms with Crippen LogP contribution in [0.5, 0.6) is 0 Å². The van der Waals surface area contributed by atoms with Crippen LogP contribution in [0.15, 0.2) is 92.0 Å². The van der Waals surface area contributed by atoms with Crippen molar-refractivity contribution in [2.24, 2.45) is 0 Å². The molecular weight excluding hydrogens is 428 g/mol. The molecule has 7 aromatic rings. The van der Waals surface area contributed by atoms with Crippen LogP contribution < -0.4 is 21.7 Å². The number of rotatable bonds is 0. The predicted octanol–water partition coefficient (Wildman–Crippen LogP) is 3.71. The third-order valence-electron chi connectivity index (χ3n) is 6.52. The summed E-state index contributed by atoms with van der Waals surface area (Å²) in [5.41, 5.74) is -1.88. The first kappa shape index (κ1) is 18.7. The standard InChI is InChI=1S/C28H12N2O4/c31-25-19-11-16-6-8-22-24(18(16)12-20(19)26(32)28(34)27(25)33)30-21-7-5-15-9-13-3-1-2-4-14(13)10-17(15)23(21)29-22/h1-12H. The molecule has 6 nitrogen and oxygen atoms in total. The molecule has 0 saturated heterocycles. The van der Waals surface area contributed by atoms with Gasteiger partial charge >= 0.3 is 0 Å². The first-order valence-electron chi connectivity index (χ1n) is 10.7. The fraction of sp³-hybridized carbons (Fsp3) is 0. The second-order valence-electron chi connectivity index (χ2n) is 8.45. The minimum absolute atomic E-state index is 0.0481. The van der Waals surface area contributed by atoms with Crippen LogP contribution in [0.2, 0.25) is 0 Å². The van der Waals surface area contributed by atoms with Crippen LogP contribution in [0, 0.1) is 0 Å². The van der Waals surface area contributed by atoms with E-state index >= 15 is 0 Å². The molecule has 0 saturated carbocycles. The van der Waals surface area contributed by atoms with E-state index in [1.165, 1.54) is 12.1 Å². The lowest BCUT2D eigenvalue weighted by atomic mass is 10.0. The average Bonchev–Trinajstić information content (AvgIpc) is 2.87. The fourth-order valence-corrected chi connectivity index (χ4v) is 4.81. The molecule has 6 aromatic carbocycles. The Morgan fingerprint density at radius 2 is 0.882 bits per heavy atom. The average molecular weight is 440 g/mol. The molecule has 0 unspecified atom stereocenters. The van der Waals surface area contributed by atoms with Crippen LogP contribution in [0.4, 0.5) is 0 Å². The van der Waals surface area contributed by atoms with Crippen molar-refractivity contribution in [1.82, 2.24) is 9.97 Å². The summed E-state index contributed by atoms with van der Waals surface area (Å²) in [4.78, 5) is 58.3. The molecule has 0 aliphatic rings. The maximum absolute atomic E-state index is 12.5. The summed E-state index contributed by atoms with van der Waals surface area (Å²) in [5, 5.41) is 5.41. The van der Waals surface area contributed by atoms with Gasteiger partial charge in [-0.25, -0.2) is 9.97 Å². The summed E-state index contributed by atoms with van der Waals surface area (Å²) < 4.78 is 0. The molecule has 34 heavy (non-hydrogen) atoms. The van der Waals surface area contributed by atoms with Gasteiger partial charge in [-0.1, -0.05) is 36.4 Å². The van der Waals surface area contributed by atoms with E-state index in [0.29, 0.717) is 27.3 Å². The van der Waals surface area contributed by atoms with Gasteiger partial charge in [-0.2, -0.15) is 0 Å². The highest BCUT2D eigenvalue weighted by Crippen LogP contribution is 2.31. The van der Waals surface area contributed by atoms with Crippen molar-refractivity contribution in [1.29, 1.82) is 0 Å². The zero-order valence-electron chi connectivity index (χ0n) is 17.5.